The van der Waals surface area contributed by atoms with Gasteiger partial charge in [0.05, 0.1) is 5.92 Å². The van der Waals surface area contributed by atoms with Crippen molar-refractivity contribution >= 4 is 5.97 Å². The molecule has 0 saturated carbocycles. The lowest BCUT2D eigenvalue weighted by atomic mass is 9.85. The molecule has 2 unspecified atom stereocenters. The molecular formula is C16H23NO2. The third-order valence-electron chi connectivity index (χ3n) is 4.35. The van der Waals surface area contributed by atoms with Gasteiger partial charge in [-0.3, -0.25) is 9.69 Å². The van der Waals surface area contributed by atoms with Crippen LogP contribution in [0.4, 0.5) is 0 Å². The first kappa shape index (κ1) is 14.1. The molecule has 1 aliphatic rings. The average Bonchev–Trinajstić information content (AvgIpc) is 2.35. The molecule has 1 fully saturated rings. The Balaban J connectivity index is 1.72. The number of rotatable bonds is 6. The number of aliphatic carboxylic acids is 1. The second-order valence-corrected chi connectivity index (χ2v) is 5.71. The normalized spacial score (nSPS) is 19.7. The number of benzene rings is 1. The molecular weight excluding hydrogens is 238 g/mol. The minimum absolute atomic E-state index is 0.211. The highest BCUT2D eigenvalue weighted by atomic mass is 16.4. The number of hydrogen-bond donors (Lipinski definition) is 1. The van der Waals surface area contributed by atoms with E-state index < -0.39 is 5.97 Å². The van der Waals surface area contributed by atoms with Gasteiger partial charge in [0, 0.05) is 19.1 Å². The summed E-state index contributed by atoms with van der Waals surface area (Å²) in [7, 11) is 0. The Labute approximate surface area is 115 Å². The van der Waals surface area contributed by atoms with Gasteiger partial charge >= 0.3 is 5.97 Å². The van der Waals surface area contributed by atoms with Gasteiger partial charge in [-0.25, -0.2) is 0 Å². The van der Waals surface area contributed by atoms with Crippen LogP contribution in [0, 0.1) is 11.8 Å². The van der Waals surface area contributed by atoms with Gasteiger partial charge in [0.1, 0.15) is 0 Å². The molecule has 2 rings (SSSR count). The summed E-state index contributed by atoms with van der Waals surface area (Å²) in [5.41, 5.74) is 1.38. The van der Waals surface area contributed by atoms with Crippen molar-refractivity contribution in [3.8, 4) is 0 Å². The van der Waals surface area contributed by atoms with Crippen molar-refractivity contribution in [2.75, 3.05) is 13.1 Å². The molecule has 0 radical (unpaired) electrons. The van der Waals surface area contributed by atoms with E-state index in [4.69, 9.17) is 5.11 Å². The van der Waals surface area contributed by atoms with Crippen LogP contribution in [-0.4, -0.2) is 35.1 Å². The zero-order chi connectivity index (χ0) is 13.8. The van der Waals surface area contributed by atoms with Crippen LogP contribution in [0.5, 0.6) is 0 Å². The quantitative estimate of drug-likeness (QED) is 0.856. The predicted molar refractivity (Wildman–Crippen MR) is 76.1 cm³/mol. The second-order valence-electron chi connectivity index (χ2n) is 5.71. The van der Waals surface area contributed by atoms with Crippen molar-refractivity contribution in [3.63, 3.8) is 0 Å². The van der Waals surface area contributed by atoms with Gasteiger partial charge in [0.25, 0.3) is 0 Å². The van der Waals surface area contributed by atoms with Crippen LogP contribution in [-0.2, 0) is 11.2 Å². The molecule has 0 aliphatic carbocycles. The molecule has 2 atom stereocenters. The van der Waals surface area contributed by atoms with Crippen molar-refractivity contribution in [3.05, 3.63) is 35.9 Å². The van der Waals surface area contributed by atoms with Crippen LogP contribution in [0.3, 0.4) is 0 Å². The smallest absolute Gasteiger partial charge is 0.306 e. The predicted octanol–water partition coefficient (Wildman–Crippen LogP) is 2.66. The Morgan fingerprint density at radius 3 is 2.53 bits per heavy atom. The van der Waals surface area contributed by atoms with Gasteiger partial charge in [-0.2, -0.15) is 0 Å². The summed E-state index contributed by atoms with van der Waals surface area (Å²) in [6, 6.07) is 11.1. The van der Waals surface area contributed by atoms with Gasteiger partial charge in [-0.1, -0.05) is 37.3 Å². The van der Waals surface area contributed by atoms with E-state index in [1.54, 1.807) is 0 Å². The molecule has 1 N–H and O–H groups in total. The number of carboxylic acid groups (broad SMARTS) is 1. The van der Waals surface area contributed by atoms with E-state index >= 15 is 0 Å². The lowest BCUT2D eigenvalue weighted by molar-refractivity contribution is -0.145. The molecule has 1 saturated heterocycles. The summed E-state index contributed by atoms with van der Waals surface area (Å²) in [6.45, 7) is 5.93. The zero-order valence-corrected chi connectivity index (χ0v) is 11.7. The fourth-order valence-electron chi connectivity index (χ4n) is 2.63. The molecule has 1 aromatic rings. The van der Waals surface area contributed by atoms with Crippen molar-refractivity contribution in [2.24, 2.45) is 11.8 Å². The largest absolute Gasteiger partial charge is 0.481 e. The maximum absolute atomic E-state index is 10.9. The van der Waals surface area contributed by atoms with Gasteiger partial charge in [0.2, 0.25) is 0 Å². The highest BCUT2D eigenvalue weighted by molar-refractivity contribution is 5.70. The molecule has 0 amide bonds. The topological polar surface area (TPSA) is 40.5 Å². The van der Waals surface area contributed by atoms with Crippen LogP contribution in [0.2, 0.25) is 0 Å². The van der Waals surface area contributed by atoms with Gasteiger partial charge < -0.3 is 5.11 Å². The van der Waals surface area contributed by atoms with Crippen molar-refractivity contribution in [2.45, 2.75) is 32.7 Å². The molecule has 1 aliphatic heterocycles. The Kier molecular flexibility index (Phi) is 4.59. The lowest BCUT2D eigenvalue weighted by Gasteiger charge is -2.45. The third-order valence-corrected chi connectivity index (χ3v) is 4.35. The number of aryl methyl sites for hydroxylation is 1. The van der Waals surface area contributed by atoms with Crippen molar-refractivity contribution in [1.82, 2.24) is 4.90 Å². The zero-order valence-electron chi connectivity index (χ0n) is 11.7. The van der Waals surface area contributed by atoms with E-state index in [1.807, 2.05) is 13.0 Å². The minimum atomic E-state index is -0.665. The maximum atomic E-state index is 10.9. The highest BCUT2D eigenvalue weighted by Gasteiger charge is 2.36. The Bertz CT molecular complexity index is 412. The van der Waals surface area contributed by atoms with E-state index in [-0.39, 0.29) is 5.92 Å². The van der Waals surface area contributed by atoms with Crippen molar-refractivity contribution in [1.29, 1.82) is 0 Å². The Morgan fingerprint density at radius 1 is 1.32 bits per heavy atom. The number of nitrogens with zero attached hydrogens (tertiary/aromatic N) is 1. The molecule has 1 aromatic carbocycles. The summed E-state index contributed by atoms with van der Waals surface area (Å²) >= 11 is 0. The fraction of sp³-hybridized carbons (Fsp3) is 0.562. The monoisotopic (exact) mass is 261 g/mol. The maximum Gasteiger partial charge on any atom is 0.306 e. The van der Waals surface area contributed by atoms with Crippen LogP contribution >= 0.6 is 0 Å². The molecule has 1 heterocycles. The van der Waals surface area contributed by atoms with E-state index in [0.717, 1.165) is 25.9 Å². The number of carboxylic acids is 1. The lowest BCUT2D eigenvalue weighted by Crippen LogP contribution is -2.54. The Morgan fingerprint density at radius 2 is 1.95 bits per heavy atom. The first-order chi connectivity index (χ1) is 9.08. The van der Waals surface area contributed by atoms with Crippen LogP contribution in [0.1, 0.15) is 25.8 Å². The summed E-state index contributed by atoms with van der Waals surface area (Å²) < 4.78 is 0. The molecule has 0 bridgehead atoms. The molecule has 19 heavy (non-hydrogen) atoms. The van der Waals surface area contributed by atoms with Crippen molar-refractivity contribution < 1.29 is 9.90 Å². The van der Waals surface area contributed by atoms with Gasteiger partial charge in [-0.15, -0.1) is 0 Å². The summed E-state index contributed by atoms with van der Waals surface area (Å²) in [4.78, 5) is 13.3. The van der Waals surface area contributed by atoms with Crippen LogP contribution < -0.4 is 0 Å². The highest BCUT2D eigenvalue weighted by Crippen LogP contribution is 2.27. The summed E-state index contributed by atoms with van der Waals surface area (Å²) in [6.07, 6.45) is 2.23. The number of carbonyl (C=O) groups is 1. The van der Waals surface area contributed by atoms with Gasteiger partial charge in [-0.05, 0) is 31.2 Å². The van der Waals surface area contributed by atoms with E-state index in [1.165, 1.54) is 5.56 Å². The van der Waals surface area contributed by atoms with E-state index in [9.17, 15) is 4.79 Å². The molecule has 0 spiro atoms. The van der Waals surface area contributed by atoms with Gasteiger partial charge in [0.15, 0.2) is 0 Å². The molecule has 104 valence electrons. The SMILES string of the molecule is CC(C(=O)O)C1CN(C(C)CCc2ccccc2)C1. The second kappa shape index (κ2) is 6.20. The van der Waals surface area contributed by atoms with Crippen LogP contribution in [0.15, 0.2) is 30.3 Å². The first-order valence-electron chi connectivity index (χ1n) is 7.08. The molecule has 3 heteroatoms. The summed E-state index contributed by atoms with van der Waals surface area (Å²) in [5.74, 6) is -0.546. The standard InChI is InChI=1S/C16H23NO2/c1-12(8-9-14-6-4-3-5-7-14)17-10-15(11-17)13(2)16(18)19/h3-7,12-13,15H,8-11H2,1-2H3,(H,18,19). The number of hydrogen-bond acceptors (Lipinski definition) is 2. The fourth-order valence-corrected chi connectivity index (χ4v) is 2.63. The number of likely N-dealkylation sites (tertiary alicyclic amines) is 1. The third kappa shape index (κ3) is 3.57. The van der Waals surface area contributed by atoms with E-state index in [0.29, 0.717) is 12.0 Å². The van der Waals surface area contributed by atoms with Crippen LogP contribution in [0.25, 0.3) is 0 Å². The average molecular weight is 261 g/mol. The Hall–Kier alpha value is -1.35. The molecule has 0 aromatic heterocycles. The van der Waals surface area contributed by atoms with E-state index in [2.05, 4.69) is 36.1 Å². The molecule has 3 nitrogen and oxygen atoms in total. The first-order valence-corrected chi connectivity index (χ1v) is 7.08. The minimum Gasteiger partial charge on any atom is -0.481 e. The summed E-state index contributed by atoms with van der Waals surface area (Å²) in [5, 5.41) is 8.98.